The molecule has 2 heterocycles. The number of fused-ring (bicyclic) bond motifs is 1. The summed E-state index contributed by atoms with van der Waals surface area (Å²) in [7, 11) is 2.19. The van der Waals surface area contributed by atoms with Gasteiger partial charge in [-0.2, -0.15) is 0 Å². The Morgan fingerprint density at radius 3 is 2.50 bits per heavy atom. The summed E-state index contributed by atoms with van der Waals surface area (Å²) in [5.41, 5.74) is 5.59. The molecule has 30 heavy (non-hydrogen) atoms. The number of aromatic nitrogens is 1. The van der Waals surface area contributed by atoms with Crippen LogP contribution in [-0.2, 0) is 20.1 Å². The first-order valence-corrected chi connectivity index (χ1v) is 11.8. The molecule has 2 aliphatic rings. The second-order valence-corrected chi connectivity index (χ2v) is 9.22. The van der Waals surface area contributed by atoms with Gasteiger partial charge in [-0.15, -0.1) is 0 Å². The molecule has 0 amide bonds. The van der Waals surface area contributed by atoms with Crippen molar-refractivity contribution in [3.63, 3.8) is 0 Å². The van der Waals surface area contributed by atoms with Crippen LogP contribution in [-0.4, -0.2) is 17.7 Å². The van der Waals surface area contributed by atoms with Crippen LogP contribution in [0.5, 0.6) is 5.75 Å². The molecule has 1 aliphatic carbocycles. The number of hydrogen-bond donors (Lipinski definition) is 1. The summed E-state index contributed by atoms with van der Waals surface area (Å²) in [6.07, 6.45) is 9.11. The molecule has 1 N–H and O–H groups in total. The fraction of sp³-hybridized carbons (Fsp3) is 0.481. The number of aryl methyl sites for hydroxylation is 2. The fourth-order valence-electron chi connectivity index (χ4n) is 5.13. The molecule has 158 valence electrons. The Hall–Kier alpha value is -2.26. The Kier molecular flexibility index (Phi) is 5.81. The lowest BCUT2D eigenvalue weighted by molar-refractivity contribution is 0.296. The van der Waals surface area contributed by atoms with Crippen LogP contribution in [0, 0.1) is 5.92 Å². The van der Waals surface area contributed by atoms with Gasteiger partial charge in [-0.3, -0.25) is 0 Å². The van der Waals surface area contributed by atoms with Crippen molar-refractivity contribution in [2.24, 2.45) is 13.0 Å². The lowest BCUT2D eigenvalue weighted by atomic mass is 9.91. The highest BCUT2D eigenvalue weighted by Gasteiger charge is 2.23. The monoisotopic (exact) mass is 402 g/mol. The average Bonchev–Trinajstić information content (AvgIpc) is 3.61. The van der Waals surface area contributed by atoms with E-state index >= 15 is 0 Å². The first-order valence-electron chi connectivity index (χ1n) is 11.8. The van der Waals surface area contributed by atoms with Gasteiger partial charge in [-0.25, -0.2) is 0 Å². The average molecular weight is 403 g/mol. The van der Waals surface area contributed by atoms with Gasteiger partial charge in [0.1, 0.15) is 12.4 Å². The zero-order chi connectivity index (χ0) is 20.3. The summed E-state index contributed by atoms with van der Waals surface area (Å²) < 4.78 is 8.61. The Balaban J connectivity index is 1.30. The number of nitrogens with zero attached hydrogens (tertiary/aromatic N) is 1. The van der Waals surface area contributed by atoms with E-state index in [1.54, 1.807) is 0 Å². The molecule has 5 rings (SSSR count). The van der Waals surface area contributed by atoms with Gasteiger partial charge in [-0.05, 0) is 92.8 Å². The maximum Gasteiger partial charge on any atom is 0.128 e. The molecule has 2 aromatic carbocycles. The highest BCUT2D eigenvalue weighted by molar-refractivity contribution is 5.85. The molecule has 3 nitrogen and oxygen atoms in total. The summed E-state index contributed by atoms with van der Waals surface area (Å²) in [5.74, 6) is 2.67. The fourth-order valence-corrected chi connectivity index (χ4v) is 5.13. The minimum atomic E-state index is 0.636. The van der Waals surface area contributed by atoms with Gasteiger partial charge in [0.05, 0.1) is 5.69 Å². The molecule has 1 aromatic heterocycles. The van der Waals surface area contributed by atoms with Crippen LogP contribution in [0.4, 0.5) is 0 Å². The lowest BCUT2D eigenvalue weighted by Crippen LogP contribution is -2.27. The molecule has 0 unspecified atom stereocenters. The predicted molar refractivity (Wildman–Crippen MR) is 124 cm³/mol. The van der Waals surface area contributed by atoms with E-state index in [4.69, 9.17) is 4.74 Å². The third-order valence-corrected chi connectivity index (χ3v) is 7.15. The van der Waals surface area contributed by atoms with Crippen LogP contribution in [0.1, 0.15) is 61.3 Å². The molecule has 2 fully saturated rings. The zero-order valence-electron chi connectivity index (χ0n) is 18.2. The molecule has 0 bridgehead atoms. The number of para-hydroxylation sites is 1. The predicted octanol–water partition coefficient (Wildman–Crippen LogP) is 5.96. The van der Waals surface area contributed by atoms with Crippen LogP contribution in [0.3, 0.4) is 0 Å². The van der Waals surface area contributed by atoms with Crippen molar-refractivity contribution in [1.82, 2.24) is 9.88 Å². The standard InChI is InChI=1S/C27H34N2O/c1-29-26-8-3-2-6-24(26)25(7-4-5-20-15-17-28-18-16-20)27(29)19-30-23-13-11-22(12-14-23)21-9-10-21/h2-3,6,8,11-14,20-21,28H,4-5,7,9-10,15-19H2,1H3. The number of rotatable bonds is 8. The maximum absolute atomic E-state index is 6.27. The summed E-state index contributed by atoms with van der Waals surface area (Å²) in [6.45, 7) is 3.02. The van der Waals surface area contributed by atoms with Crippen LogP contribution in [0.2, 0.25) is 0 Å². The smallest absolute Gasteiger partial charge is 0.128 e. The van der Waals surface area contributed by atoms with E-state index in [0.29, 0.717) is 6.61 Å². The lowest BCUT2D eigenvalue weighted by Gasteiger charge is -2.22. The molecule has 1 aliphatic heterocycles. The second kappa shape index (κ2) is 8.85. The first-order chi connectivity index (χ1) is 14.8. The molecule has 0 spiro atoms. The van der Waals surface area contributed by atoms with Gasteiger partial charge < -0.3 is 14.6 Å². The van der Waals surface area contributed by atoms with Crippen molar-refractivity contribution in [3.05, 3.63) is 65.4 Å². The van der Waals surface area contributed by atoms with E-state index < -0.39 is 0 Å². The molecular formula is C27H34N2O. The number of ether oxygens (including phenoxy) is 1. The highest BCUT2D eigenvalue weighted by Crippen LogP contribution is 2.40. The number of piperidine rings is 1. The summed E-state index contributed by atoms with van der Waals surface area (Å²) in [6, 6.07) is 17.6. The first kappa shape index (κ1) is 19.7. The van der Waals surface area contributed by atoms with Gasteiger partial charge in [0.25, 0.3) is 0 Å². The van der Waals surface area contributed by atoms with Crippen molar-refractivity contribution in [2.45, 2.75) is 57.5 Å². The van der Waals surface area contributed by atoms with Crippen molar-refractivity contribution >= 4 is 10.9 Å². The van der Waals surface area contributed by atoms with Crippen molar-refractivity contribution < 1.29 is 4.74 Å². The van der Waals surface area contributed by atoms with Crippen molar-refractivity contribution in [3.8, 4) is 5.75 Å². The molecule has 0 atom stereocenters. The molecular weight excluding hydrogens is 368 g/mol. The third-order valence-electron chi connectivity index (χ3n) is 7.15. The minimum Gasteiger partial charge on any atom is -0.487 e. The van der Waals surface area contributed by atoms with Gasteiger partial charge in [-0.1, -0.05) is 36.8 Å². The Morgan fingerprint density at radius 2 is 1.73 bits per heavy atom. The zero-order valence-corrected chi connectivity index (χ0v) is 18.2. The second-order valence-electron chi connectivity index (χ2n) is 9.22. The number of benzene rings is 2. The molecule has 3 aromatic rings. The molecule has 3 heteroatoms. The van der Waals surface area contributed by atoms with Crippen LogP contribution < -0.4 is 10.1 Å². The van der Waals surface area contributed by atoms with Crippen LogP contribution >= 0.6 is 0 Å². The minimum absolute atomic E-state index is 0.636. The van der Waals surface area contributed by atoms with Crippen LogP contribution in [0.15, 0.2) is 48.5 Å². The van der Waals surface area contributed by atoms with E-state index in [2.05, 4.69) is 65.5 Å². The van der Waals surface area contributed by atoms with E-state index in [1.807, 2.05) is 0 Å². The maximum atomic E-state index is 6.27. The van der Waals surface area contributed by atoms with E-state index in [9.17, 15) is 0 Å². The van der Waals surface area contributed by atoms with Gasteiger partial charge in [0.2, 0.25) is 0 Å². The van der Waals surface area contributed by atoms with E-state index in [-0.39, 0.29) is 0 Å². The SMILES string of the molecule is Cn1c(COc2ccc(C3CC3)cc2)c(CCCC2CCNCC2)c2ccccc21. The number of nitrogens with one attached hydrogen (secondary N) is 1. The quantitative estimate of drug-likeness (QED) is 0.503. The summed E-state index contributed by atoms with van der Waals surface area (Å²) >= 11 is 0. The summed E-state index contributed by atoms with van der Waals surface area (Å²) in [5, 5.41) is 4.88. The van der Waals surface area contributed by atoms with Crippen LogP contribution in [0.25, 0.3) is 10.9 Å². The van der Waals surface area contributed by atoms with Gasteiger partial charge in [0.15, 0.2) is 0 Å². The van der Waals surface area contributed by atoms with E-state index in [1.165, 1.54) is 79.3 Å². The highest BCUT2D eigenvalue weighted by atomic mass is 16.5. The largest absolute Gasteiger partial charge is 0.487 e. The molecule has 1 saturated carbocycles. The Bertz CT molecular complexity index is 978. The van der Waals surface area contributed by atoms with Gasteiger partial charge in [0, 0.05) is 18.0 Å². The Morgan fingerprint density at radius 1 is 0.967 bits per heavy atom. The van der Waals surface area contributed by atoms with Crippen molar-refractivity contribution in [2.75, 3.05) is 13.1 Å². The summed E-state index contributed by atoms with van der Waals surface area (Å²) in [4.78, 5) is 0. The molecule has 0 radical (unpaired) electrons. The molecule has 1 saturated heterocycles. The topological polar surface area (TPSA) is 26.2 Å². The van der Waals surface area contributed by atoms with Crippen molar-refractivity contribution in [1.29, 1.82) is 0 Å². The van der Waals surface area contributed by atoms with Gasteiger partial charge >= 0.3 is 0 Å². The van der Waals surface area contributed by atoms with E-state index in [0.717, 1.165) is 24.0 Å². The third kappa shape index (κ3) is 4.27. The normalized spacial score (nSPS) is 17.5. The number of hydrogen-bond acceptors (Lipinski definition) is 2. The Labute approximate surface area is 180 Å².